The van der Waals surface area contributed by atoms with E-state index in [1.165, 1.54) is 23.7 Å². The van der Waals surface area contributed by atoms with E-state index in [4.69, 9.17) is 20.6 Å². The molecule has 2 fully saturated rings. The highest BCUT2D eigenvalue weighted by Crippen LogP contribution is 2.45. The van der Waals surface area contributed by atoms with Crippen LogP contribution in [0, 0.1) is 17.7 Å². The number of anilines is 1. The molecule has 36 heavy (non-hydrogen) atoms. The average molecular weight is 489 g/mol. The van der Waals surface area contributed by atoms with Crippen LogP contribution in [-0.2, 0) is 4.79 Å². The van der Waals surface area contributed by atoms with Gasteiger partial charge < -0.3 is 30.4 Å². The summed E-state index contributed by atoms with van der Waals surface area (Å²) < 4.78 is 11.0. The highest BCUT2D eigenvalue weighted by molar-refractivity contribution is 6.09. The molecule has 4 rings (SSSR count). The second kappa shape index (κ2) is 10.5. The van der Waals surface area contributed by atoms with Crippen LogP contribution < -0.4 is 20.1 Å². The first-order valence-corrected chi connectivity index (χ1v) is 12.4. The third kappa shape index (κ3) is 4.45. The number of ether oxygens (including phenoxy) is 2. The largest absolute Gasteiger partial charge is 0.496 e. The van der Waals surface area contributed by atoms with Gasteiger partial charge in [-0.05, 0) is 74.6 Å². The molecule has 0 aliphatic carbocycles. The van der Waals surface area contributed by atoms with Crippen LogP contribution in [0.5, 0.6) is 11.5 Å². The molecule has 0 aromatic heterocycles. The van der Waals surface area contributed by atoms with Gasteiger partial charge >= 0.3 is 0 Å². The van der Waals surface area contributed by atoms with Crippen LogP contribution in [0.15, 0.2) is 48.7 Å². The number of nitrogens with zero attached hydrogens (tertiary/aromatic N) is 2. The number of benzene rings is 2. The Hall–Kier alpha value is -3.74. The number of nitrogens with one attached hydrogen (secondary N) is 1. The van der Waals surface area contributed by atoms with Gasteiger partial charge in [0.25, 0.3) is 0 Å². The van der Waals surface area contributed by atoms with Crippen molar-refractivity contribution in [2.24, 2.45) is 11.1 Å². The Bertz CT molecular complexity index is 1210. The molecule has 0 atom stereocenters. The van der Waals surface area contributed by atoms with Crippen molar-refractivity contribution in [3.8, 4) is 11.5 Å². The van der Waals surface area contributed by atoms with Gasteiger partial charge in [-0.3, -0.25) is 4.79 Å². The van der Waals surface area contributed by atoms with Crippen molar-refractivity contribution >= 4 is 29.1 Å². The van der Waals surface area contributed by atoms with Gasteiger partial charge in [-0.25, -0.2) is 0 Å². The Morgan fingerprint density at radius 1 is 1.03 bits per heavy atom. The predicted molar refractivity (Wildman–Crippen MR) is 146 cm³/mol. The molecule has 0 radical (unpaired) electrons. The summed E-state index contributed by atoms with van der Waals surface area (Å²) in [5, 5.41) is 7.59. The van der Waals surface area contributed by atoms with Gasteiger partial charge in [-0.15, -0.1) is 0 Å². The lowest BCUT2D eigenvalue weighted by Crippen LogP contribution is -2.44. The van der Waals surface area contributed by atoms with Crippen molar-refractivity contribution in [1.82, 2.24) is 4.90 Å². The summed E-state index contributed by atoms with van der Waals surface area (Å²) in [6, 6.07) is 12.0. The van der Waals surface area contributed by atoms with E-state index in [1.54, 1.807) is 14.2 Å². The minimum atomic E-state index is -0.325. The quantitative estimate of drug-likeness (QED) is 0.544. The Morgan fingerprint density at radius 3 is 2.31 bits per heavy atom. The fourth-order valence-electron chi connectivity index (χ4n) is 5.58. The summed E-state index contributed by atoms with van der Waals surface area (Å²) in [6.45, 7) is 6.52. The maximum Gasteiger partial charge on any atom is 0.233 e. The standard InChI is InChI=1S/C29H36N4O3/c1-5-25(21-6-9-26(35-3)20(2)16-21)32-13-10-29(11-14-32)12-15-33(28(29)34)23-7-8-24(22(18-30)19-31)27(17-23)36-4/h5-9,16-19,30H,10-15,31H2,1-4H3/b22-19+,25-5+,30-18?. The van der Waals surface area contributed by atoms with Crippen molar-refractivity contribution < 1.29 is 14.3 Å². The zero-order valence-electron chi connectivity index (χ0n) is 21.6. The minimum absolute atomic E-state index is 0.195. The van der Waals surface area contributed by atoms with Crippen molar-refractivity contribution in [3.05, 3.63) is 65.4 Å². The molecule has 7 nitrogen and oxygen atoms in total. The molecule has 2 aromatic rings. The maximum absolute atomic E-state index is 13.7. The van der Waals surface area contributed by atoms with Crippen LogP contribution in [0.4, 0.5) is 5.69 Å². The molecule has 2 aliphatic rings. The number of piperidine rings is 1. The number of hydrogen-bond donors (Lipinski definition) is 2. The zero-order valence-corrected chi connectivity index (χ0v) is 21.6. The van der Waals surface area contributed by atoms with E-state index >= 15 is 0 Å². The number of amides is 1. The number of aryl methyl sites for hydroxylation is 1. The molecular weight excluding hydrogens is 452 g/mol. The Kier molecular flexibility index (Phi) is 7.38. The summed E-state index contributed by atoms with van der Waals surface area (Å²) in [4.78, 5) is 18.0. The fraction of sp³-hybridized carbons (Fsp3) is 0.379. The number of nitrogens with two attached hydrogens (primary N) is 1. The Balaban J connectivity index is 1.49. The molecule has 2 saturated heterocycles. The zero-order chi connectivity index (χ0) is 25.9. The smallest absolute Gasteiger partial charge is 0.233 e. The SMILES string of the molecule is C/C=C(\c1ccc(OC)c(C)c1)N1CCC2(CC1)CCN(c1ccc(/C(C=N)=C/N)c(OC)c1)C2=O. The van der Waals surface area contributed by atoms with Crippen LogP contribution in [-0.4, -0.2) is 50.9 Å². The van der Waals surface area contributed by atoms with Crippen LogP contribution >= 0.6 is 0 Å². The average Bonchev–Trinajstić information content (AvgIpc) is 3.21. The first-order valence-electron chi connectivity index (χ1n) is 12.4. The van der Waals surface area contributed by atoms with Gasteiger partial charge in [0, 0.05) is 60.6 Å². The second-order valence-electron chi connectivity index (χ2n) is 9.48. The summed E-state index contributed by atoms with van der Waals surface area (Å²) >= 11 is 0. The first kappa shape index (κ1) is 25.4. The lowest BCUT2D eigenvalue weighted by Gasteiger charge is -2.40. The molecule has 0 unspecified atom stereocenters. The van der Waals surface area contributed by atoms with Gasteiger partial charge in [0.1, 0.15) is 11.5 Å². The topological polar surface area (TPSA) is 91.9 Å². The van der Waals surface area contributed by atoms with Gasteiger partial charge in [0.15, 0.2) is 0 Å². The molecule has 190 valence electrons. The second-order valence-corrected chi connectivity index (χ2v) is 9.48. The number of carbonyl (C=O) groups is 1. The van der Waals surface area contributed by atoms with Crippen molar-refractivity contribution in [2.45, 2.75) is 33.1 Å². The van der Waals surface area contributed by atoms with Crippen LogP contribution in [0.2, 0.25) is 0 Å². The normalized spacial score (nSPS) is 18.1. The lowest BCUT2D eigenvalue weighted by molar-refractivity contribution is -0.127. The number of allylic oxidation sites excluding steroid dienone is 2. The van der Waals surface area contributed by atoms with E-state index < -0.39 is 0 Å². The Morgan fingerprint density at radius 2 is 1.72 bits per heavy atom. The van der Waals surface area contributed by atoms with Gasteiger partial charge in [-0.1, -0.05) is 6.08 Å². The van der Waals surface area contributed by atoms with E-state index in [0.29, 0.717) is 17.9 Å². The van der Waals surface area contributed by atoms with Crippen LogP contribution in [0.25, 0.3) is 11.3 Å². The molecule has 3 N–H and O–H groups in total. The molecule has 2 heterocycles. The molecule has 2 aromatic carbocycles. The summed E-state index contributed by atoms with van der Waals surface area (Å²) in [6.07, 6.45) is 7.27. The summed E-state index contributed by atoms with van der Waals surface area (Å²) in [5.41, 5.74) is 11.0. The molecule has 7 heteroatoms. The minimum Gasteiger partial charge on any atom is -0.496 e. The molecule has 1 spiro atoms. The van der Waals surface area contributed by atoms with E-state index in [0.717, 1.165) is 54.9 Å². The van der Waals surface area contributed by atoms with Crippen molar-refractivity contribution in [1.29, 1.82) is 5.41 Å². The number of methoxy groups -OCH3 is 2. The monoisotopic (exact) mass is 488 g/mol. The van der Waals surface area contributed by atoms with E-state index in [-0.39, 0.29) is 11.3 Å². The highest BCUT2D eigenvalue weighted by Gasteiger charge is 2.48. The van der Waals surface area contributed by atoms with Gasteiger partial charge in [0.2, 0.25) is 5.91 Å². The molecule has 2 aliphatic heterocycles. The number of hydrogen-bond acceptors (Lipinski definition) is 6. The third-order valence-electron chi connectivity index (χ3n) is 7.68. The molecule has 0 saturated carbocycles. The molecule has 0 bridgehead atoms. The van der Waals surface area contributed by atoms with Gasteiger partial charge in [-0.2, -0.15) is 0 Å². The number of likely N-dealkylation sites (tertiary alicyclic amines) is 1. The summed E-state index contributed by atoms with van der Waals surface area (Å²) in [7, 11) is 3.28. The van der Waals surface area contributed by atoms with Crippen molar-refractivity contribution in [2.75, 3.05) is 38.8 Å². The Labute approximate surface area is 213 Å². The van der Waals surface area contributed by atoms with Crippen molar-refractivity contribution in [3.63, 3.8) is 0 Å². The molecular formula is C29H36N4O3. The number of rotatable bonds is 7. The van der Waals surface area contributed by atoms with E-state index in [2.05, 4.69) is 37.0 Å². The van der Waals surface area contributed by atoms with E-state index in [9.17, 15) is 4.79 Å². The van der Waals surface area contributed by atoms with Crippen LogP contribution in [0.3, 0.4) is 0 Å². The first-order chi connectivity index (χ1) is 17.4. The summed E-state index contributed by atoms with van der Waals surface area (Å²) in [5.74, 6) is 1.69. The highest BCUT2D eigenvalue weighted by atomic mass is 16.5. The fourth-order valence-corrected chi connectivity index (χ4v) is 5.58. The molecule has 1 amide bonds. The van der Waals surface area contributed by atoms with Gasteiger partial charge in [0.05, 0.1) is 19.6 Å². The maximum atomic E-state index is 13.7. The predicted octanol–water partition coefficient (Wildman–Crippen LogP) is 4.84. The van der Waals surface area contributed by atoms with E-state index in [1.807, 2.05) is 29.2 Å². The number of carbonyl (C=O) groups excluding carboxylic acids is 1. The third-order valence-corrected chi connectivity index (χ3v) is 7.68. The lowest BCUT2D eigenvalue weighted by atomic mass is 9.77. The van der Waals surface area contributed by atoms with Crippen LogP contribution in [0.1, 0.15) is 42.9 Å².